The van der Waals surface area contributed by atoms with Gasteiger partial charge in [-0.1, -0.05) is 42.5 Å². The molecule has 2 amide bonds. The van der Waals surface area contributed by atoms with Gasteiger partial charge in [0.25, 0.3) is 5.91 Å². The maximum atomic E-state index is 13.0. The van der Waals surface area contributed by atoms with Gasteiger partial charge in [-0.05, 0) is 47.4 Å². The molecule has 0 fully saturated rings. The van der Waals surface area contributed by atoms with Crippen LogP contribution in [-0.4, -0.2) is 26.8 Å². The number of hydrogen-bond acceptors (Lipinski definition) is 5. The van der Waals surface area contributed by atoms with E-state index in [0.29, 0.717) is 17.5 Å². The van der Waals surface area contributed by atoms with E-state index in [9.17, 15) is 22.4 Å². The van der Waals surface area contributed by atoms with E-state index < -0.39 is 32.3 Å². The first-order chi connectivity index (χ1) is 16.1. The lowest BCUT2D eigenvalue weighted by Crippen LogP contribution is -2.24. The summed E-state index contributed by atoms with van der Waals surface area (Å²) in [5.74, 6) is -1.94. The quantitative estimate of drug-likeness (QED) is 0.286. The Morgan fingerprint density at radius 2 is 1.68 bits per heavy atom. The zero-order valence-corrected chi connectivity index (χ0v) is 18.8. The fourth-order valence-electron chi connectivity index (χ4n) is 3.44. The van der Waals surface area contributed by atoms with Gasteiger partial charge in [-0.2, -0.15) is 0 Å². The van der Waals surface area contributed by atoms with Gasteiger partial charge in [-0.15, -0.1) is 0 Å². The molecule has 176 valence electrons. The Morgan fingerprint density at radius 1 is 1.03 bits per heavy atom. The van der Waals surface area contributed by atoms with Crippen LogP contribution in [0.25, 0.3) is 17.2 Å². The largest absolute Gasteiger partial charge is 0.398 e. The number of carbonyl (C=O) groups is 2. The Kier molecular flexibility index (Phi) is 7.44. The highest BCUT2D eigenvalue weighted by Crippen LogP contribution is 2.35. The van der Waals surface area contributed by atoms with Crippen molar-refractivity contribution >= 4 is 33.6 Å². The second-order valence-electron chi connectivity index (χ2n) is 7.41. The van der Waals surface area contributed by atoms with Gasteiger partial charge in [0.05, 0.1) is 11.3 Å². The molecule has 0 bridgehead atoms. The molecular weight excluding hydrogens is 459 g/mol. The van der Waals surface area contributed by atoms with E-state index in [1.807, 2.05) is 0 Å². The lowest BCUT2D eigenvalue weighted by atomic mass is 9.96. The lowest BCUT2D eigenvalue weighted by Gasteiger charge is -2.16. The highest BCUT2D eigenvalue weighted by Gasteiger charge is 2.26. The van der Waals surface area contributed by atoms with Gasteiger partial charge in [0.15, 0.2) is 0 Å². The van der Waals surface area contributed by atoms with E-state index >= 15 is 0 Å². The summed E-state index contributed by atoms with van der Waals surface area (Å²) in [5, 5.41) is 8.02. The Hall–Kier alpha value is -4.02. The monoisotopic (exact) mass is 482 g/mol. The number of sulfonamides is 1. The maximum Gasteiger partial charge on any atom is 0.252 e. The van der Waals surface area contributed by atoms with Crippen molar-refractivity contribution in [2.45, 2.75) is 11.3 Å². The molecule has 0 saturated heterocycles. The van der Waals surface area contributed by atoms with Crippen LogP contribution in [0, 0.1) is 5.82 Å². The van der Waals surface area contributed by atoms with Crippen molar-refractivity contribution in [3.05, 3.63) is 89.2 Å². The lowest BCUT2D eigenvalue weighted by molar-refractivity contribution is -0.116. The third kappa shape index (κ3) is 5.85. The third-order valence-electron chi connectivity index (χ3n) is 5.00. The standard InChI is InChI=1S/C24H23FN4O4S/c25-18-9-6-15(7-10-18)12-13-29-20(30)11-8-17-14-19(16-4-2-1-3-5-16)22(26)21(24(27)31)23(17)34(28,32)33/h1-11,14H,12-13,26H2,(H2,27,31)(H,29,30)(H2,28,32,33). The number of primary sulfonamides is 1. The van der Waals surface area contributed by atoms with Crippen molar-refractivity contribution in [1.29, 1.82) is 0 Å². The number of anilines is 1. The normalized spacial score (nSPS) is 11.5. The minimum absolute atomic E-state index is 0.0157. The molecule has 0 aliphatic heterocycles. The number of benzene rings is 3. The van der Waals surface area contributed by atoms with Crippen LogP contribution in [0.1, 0.15) is 21.5 Å². The number of hydrogen-bond donors (Lipinski definition) is 4. The summed E-state index contributed by atoms with van der Waals surface area (Å²) in [6.07, 6.45) is 2.81. The summed E-state index contributed by atoms with van der Waals surface area (Å²) in [6.45, 7) is 0.264. The van der Waals surface area contributed by atoms with Crippen molar-refractivity contribution in [2.75, 3.05) is 12.3 Å². The summed E-state index contributed by atoms with van der Waals surface area (Å²) >= 11 is 0. The van der Waals surface area contributed by atoms with Crippen molar-refractivity contribution in [2.24, 2.45) is 10.9 Å². The van der Waals surface area contributed by atoms with Gasteiger partial charge in [0.2, 0.25) is 15.9 Å². The van der Waals surface area contributed by atoms with Gasteiger partial charge in [0, 0.05) is 18.2 Å². The number of amides is 2. The van der Waals surface area contributed by atoms with E-state index in [1.54, 1.807) is 42.5 Å². The molecular formula is C24H23FN4O4S. The number of nitrogens with two attached hydrogens (primary N) is 3. The number of rotatable bonds is 8. The first-order valence-electron chi connectivity index (χ1n) is 10.1. The van der Waals surface area contributed by atoms with E-state index in [4.69, 9.17) is 16.6 Å². The molecule has 0 saturated carbocycles. The number of carbonyl (C=O) groups excluding carboxylic acids is 2. The maximum absolute atomic E-state index is 13.0. The average Bonchev–Trinajstić information content (AvgIpc) is 2.79. The van der Waals surface area contributed by atoms with Crippen LogP contribution in [0.2, 0.25) is 0 Å². The number of nitrogens with one attached hydrogen (secondary N) is 1. The van der Waals surface area contributed by atoms with Crippen LogP contribution >= 0.6 is 0 Å². The molecule has 3 aromatic rings. The van der Waals surface area contributed by atoms with Gasteiger partial charge >= 0.3 is 0 Å². The van der Waals surface area contributed by atoms with Crippen molar-refractivity contribution in [3.63, 3.8) is 0 Å². The first kappa shape index (κ1) is 24.6. The van der Waals surface area contributed by atoms with Crippen LogP contribution in [0.15, 0.2) is 71.6 Å². The van der Waals surface area contributed by atoms with Crippen LogP contribution in [0.5, 0.6) is 0 Å². The number of primary amides is 1. The molecule has 0 radical (unpaired) electrons. The van der Waals surface area contributed by atoms with Crippen LogP contribution in [0.4, 0.5) is 10.1 Å². The fraction of sp³-hybridized carbons (Fsp3) is 0.0833. The zero-order chi connectivity index (χ0) is 24.9. The van der Waals surface area contributed by atoms with Crippen LogP contribution in [0.3, 0.4) is 0 Å². The summed E-state index contributed by atoms with van der Waals surface area (Å²) < 4.78 is 37.6. The predicted molar refractivity (Wildman–Crippen MR) is 128 cm³/mol. The average molecular weight is 483 g/mol. The first-order valence-corrected chi connectivity index (χ1v) is 11.7. The van der Waals surface area contributed by atoms with Gasteiger partial charge in [-0.25, -0.2) is 17.9 Å². The highest BCUT2D eigenvalue weighted by atomic mass is 32.2. The summed E-state index contributed by atoms with van der Waals surface area (Å²) in [7, 11) is -4.43. The number of halogens is 1. The second-order valence-corrected chi connectivity index (χ2v) is 8.91. The smallest absolute Gasteiger partial charge is 0.252 e. The Balaban J connectivity index is 1.94. The van der Waals surface area contributed by atoms with Crippen molar-refractivity contribution < 1.29 is 22.4 Å². The van der Waals surface area contributed by atoms with Crippen LogP contribution < -0.4 is 21.9 Å². The Bertz CT molecular complexity index is 1360. The summed E-state index contributed by atoms with van der Waals surface area (Å²) in [4.78, 5) is 23.9. The SMILES string of the molecule is NC(=O)c1c(N)c(-c2ccccc2)cc(C=CC(=O)NCCc2ccc(F)cc2)c1S(N)(=O)=O. The Morgan fingerprint density at radius 3 is 2.26 bits per heavy atom. The molecule has 10 heteroatoms. The summed E-state index contributed by atoms with van der Waals surface area (Å²) in [6, 6.07) is 16.0. The minimum Gasteiger partial charge on any atom is -0.398 e. The second kappa shape index (κ2) is 10.3. The number of nitrogen functional groups attached to an aromatic ring is 1. The van der Waals surface area contributed by atoms with Gasteiger partial charge < -0.3 is 16.8 Å². The molecule has 7 N–H and O–H groups in total. The van der Waals surface area contributed by atoms with E-state index in [1.165, 1.54) is 24.3 Å². The molecule has 34 heavy (non-hydrogen) atoms. The molecule has 0 aromatic heterocycles. The minimum atomic E-state index is -4.43. The fourth-order valence-corrected chi connectivity index (χ4v) is 4.39. The molecule has 8 nitrogen and oxygen atoms in total. The van der Waals surface area contributed by atoms with Gasteiger partial charge in [0.1, 0.15) is 10.7 Å². The molecule has 0 heterocycles. The topological polar surface area (TPSA) is 158 Å². The molecule has 0 aliphatic carbocycles. The molecule has 3 rings (SSSR count). The third-order valence-corrected chi connectivity index (χ3v) is 6.01. The van der Waals surface area contributed by atoms with Gasteiger partial charge in [-0.3, -0.25) is 9.59 Å². The van der Waals surface area contributed by atoms with E-state index in [2.05, 4.69) is 5.32 Å². The van der Waals surface area contributed by atoms with Crippen molar-refractivity contribution in [3.8, 4) is 11.1 Å². The molecule has 3 aromatic carbocycles. The highest BCUT2D eigenvalue weighted by molar-refractivity contribution is 7.89. The van der Waals surface area contributed by atoms with Crippen LogP contribution in [-0.2, 0) is 21.2 Å². The Labute approximate surface area is 196 Å². The molecule has 0 atom stereocenters. The summed E-state index contributed by atoms with van der Waals surface area (Å²) in [5.41, 5.74) is 12.8. The molecule has 0 spiro atoms. The van der Waals surface area contributed by atoms with Crippen molar-refractivity contribution in [1.82, 2.24) is 5.32 Å². The van der Waals surface area contributed by atoms with E-state index in [0.717, 1.165) is 11.6 Å². The molecule has 0 unspecified atom stereocenters. The predicted octanol–water partition coefficient (Wildman–Crippen LogP) is 2.19. The molecule has 0 aliphatic rings. The van der Waals surface area contributed by atoms with E-state index in [-0.39, 0.29) is 23.6 Å². The zero-order valence-electron chi connectivity index (χ0n) is 18.0.